The Bertz CT molecular complexity index is 403. The Morgan fingerprint density at radius 3 is 2.43 bits per heavy atom. The molecule has 0 aromatic heterocycles. The monoisotopic (exact) mass is 301 g/mol. The van der Waals surface area contributed by atoms with Crippen molar-refractivity contribution in [2.45, 2.75) is 56.5 Å². The van der Waals surface area contributed by atoms with Gasteiger partial charge in [-0.15, -0.1) is 0 Å². The molecule has 0 unspecified atom stereocenters. The molecule has 9 heteroatoms. The minimum absolute atomic E-state index is 0.0369. The van der Waals surface area contributed by atoms with Crippen LogP contribution in [0.1, 0.15) is 38.5 Å². The van der Waals surface area contributed by atoms with Crippen LogP contribution < -0.4 is 5.73 Å². The third-order valence-electron chi connectivity index (χ3n) is 3.54. The van der Waals surface area contributed by atoms with Gasteiger partial charge in [0.05, 0.1) is 12.5 Å². The second kappa shape index (κ2) is 8.11. The van der Waals surface area contributed by atoms with E-state index in [1.807, 2.05) is 0 Å². The molecule has 21 heavy (non-hydrogen) atoms. The Balaban J connectivity index is 2.34. The predicted molar refractivity (Wildman–Crippen MR) is 72.6 cm³/mol. The van der Waals surface area contributed by atoms with E-state index >= 15 is 0 Å². The van der Waals surface area contributed by atoms with Gasteiger partial charge in [-0.05, 0) is 19.3 Å². The summed E-state index contributed by atoms with van der Waals surface area (Å²) in [6.07, 6.45) is 0.420. The van der Waals surface area contributed by atoms with Gasteiger partial charge in [-0.3, -0.25) is 14.4 Å². The summed E-state index contributed by atoms with van der Waals surface area (Å²) in [5.41, 5.74) is 5.31. The van der Waals surface area contributed by atoms with Crippen LogP contribution >= 0.6 is 0 Å². The molecule has 1 heterocycles. The molecule has 1 aliphatic heterocycles. The lowest BCUT2D eigenvalue weighted by atomic mass is 9.64. The van der Waals surface area contributed by atoms with Gasteiger partial charge in [0.15, 0.2) is 0 Å². The first-order valence-electron chi connectivity index (χ1n) is 6.85. The molecule has 1 aliphatic rings. The molecule has 0 radical (unpaired) electrons. The lowest BCUT2D eigenvalue weighted by Crippen LogP contribution is -2.38. The van der Waals surface area contributed by atoms with E-state index in [1.54, 1.807) is 0 Å². The molecule has 0 amide bonds. The zero-order valence-corrected chi connectivity index (χ0v) is 11.6. The molecule has 0 saturated carbocycles. The van der Waals surface area contributed by atoms with Gasteiger partial charge in [-0.25, -0.2) is 0 Å². The molecular weight excluding hydrogens is 281 g/mol. The summed E-state index contributed by atoms with van der Waals surface area (Å²) in [7, 11) is -1.17. The van der Waals surface area contributed by atoms with Crippen molar-refractivity contribution in [2.24, 2.45) is 5.73 Å². The summed E-state index contributed by atoms with van der Waals surface area (Å²) in [5.74, 6) is -2.72. The van der Waals surface area contributed by atoms with E-state index in [0.29, 0.717) is 12.8 Å². The number of ketones is 1. The van der Waals surface area contributed by atoms with Crippen LogP contribution in [0.3, 0.4) is 0 Å². The first kappa shape index (κ1) is 17.6. The number of carboxylic acids is 2. The van der Waals surface area contributed by atoms with E-state index in [0.717, 1.165) is 0 Å². The van der Waals surface area contributed by atoms with Gasteiger partial charge >= 0.3 is 19.1 Å². The van der Waals surface area contributed by atoms with Gasteiger partial charge in [0.25, 0.3) is 0 Å². The normalized spacial score (nSPS) is 23.6. The maximum Gasteiger partial charge on any atom is 0.458 e. The van der Waals surface area contributed by atoms with Crippen LogP contribution in [-0.4, -0.2) is 52.2 Å². The highest BCUT2D eigenvalue weighted by molar-refractivity contribution is 6.45. The average molecular weight is 301 g/mol. The molecule has 0 aliphatic carbocycles. The van der Waals surface area contributed by atoms with Crippen LogP contribution in [0.2, 0.25) is 5.82 Å². The van der Waals surface area contributed by atoms with E-state index in [2.05, 4.69) is 0 Å². The number of Topliss-reactive ketones (excluding diaryl/α,β-unsaturated/α-hetero) is 1. The number of carboxylic acid groups (broad SMARTS) is 2. The second-order valence-corrected chi connectivity index (χ2v) is 5.31. The van der Waals surface area contributed by atoms with Crippen molar-refractivity contribution in [2.75, 3.05) is 0 Å². The summed E-state index contributed by atoms with van der Waals surface area (Å²) in [6, 6.07) is -1.07. The molecule has 0 spiro atoms. The molecule has 1 rings (SSSR count). The number of rotatable bonds is 8. The number of nitrogens with two attached hydrogens (primary N) is 1. The first-order chi connectivity index (χ1) is 9.79. The van der Waals surface area contributed by atoms with Gasteiger partial charge in [0, 0.05) is 18.7 Å². The average Bonchev–Trinajstić information content (AvgIpc) is 2.38. The maximum atomic E-state index is 11.7. The highest BCUT2D eigenvalue weighted by atomic mass is 16.5. The minimum atomic E-state index is -1.17. The Labute approximate surface area is 122 Å². The van der Waals surface area contributed by atoms with Gasteiger partial charge in [-0.2, -0.15) is 0 Å². The number of carbonyl (C=O) groups excluding carboxylic acids is 1. The summed E-state index contributed by atoms with van der Waals surface area (Å²) >= 11 is 0. The third kappa shape index (κ3) is 6.24. The van der Waals surface area contributed by atoms with E-state index < -0.39 is 31.2 Å². The van der Waals surface area contributed by atoms with Crippen LogP contribution in [-0.2, 0) is 19.0 Å². The Hall–Kier alpha value is -1.45. The van der Waals surface area contributed by atoms with E-state index in [9.17, 15) is 19.4 Å². The zero-order valence-electron chi connectivity index (χ0n) is 11.6. The number of hydrogen-bond donors (Lipinski definition) is 4. The lowest BCUT2D eigenvalue weighted by Gasteiger charge is -2.30. The fourth-order valence-electron chi connectivity index (χ4n) is 2.30. The molecule has 3 atom stereocenters. The van der Waals surface area contributed by atoms with E-state index in [1.165, 1.54) is 0 Å². The van der Waals surface area contributed by atoms with Gasteiger partial charge in [0.1, 0.15) is 11.8 Å². The van der Waals surface area contributed by atoms with Gasteiger partial charge in [-0.1, -0.05) is 0 Å². The molecule has 0 aromatic rings. The van der Waals surface area contributed by atoms with Gasteiger partial charge < -0.3 is 25.6 Å². The largest absolute Gasteiger partial charge is 0.481 e. The van der Waals surface area contributed by atoms with Crippen LogP contribution in [0, 0.1) is 0 Å². The zero-order chi connectivity index (χ0) is 16.0. The molecule has 1 saturated heterocycles. The highest BCUT2D eigenvalue weighted by Gasteiger charge is 2.36. The molecule has 118 valence electrons. The van der Waals surface area contributed by atoms with Crippen molar-refractivity contribution in [3.8, 4) is 0 Å². The second-order valence-electron chi connectivity index (χ2n) is 5.31. The molecule has 8 nitrogen and oxygen atoms in total. The van der Waals surface area contributed by atoms with Crippen molar-refractivity contribution in [3.63, 3.8) is 0 Å². The summed E-state index contributed by atoms with van der Waals surface area (Å²) in [5, 5.41) is 27.1. The fourth-order valence-corrected chi connectivity index (χ4v) is 2.30. The molecule has 5 N–H and O–H groups in total. The fraction of sp³-hybridized carbons (Fsp3) is 0.750. The van der Waals surface area contributed by atoms with Crippen LogP contribution in [0.15, 0.2) is 0 Å². The van der Waals surface area contributed by atoms with Crippen molar-refractivity contribution in [1.82, 2.24) is 0 Å². The third-order valence-corrected chi connectivity index (χ3v) is 3.54. The minimum Gasteiger partial charge on any atom is -0.481 e. The van der Waals surface area contributed by atoms with Crippen LogP contribution in [0.25, 0.3) is 0 Å². The highest BCUT2D eigenvalue weighted by Crippen LogP contribution is 2.31. The SMILES string of the molecule is N[C@@H](CCC(=O)C[C@H]1CC[C@@H](CC(=O)O)OB1O)C(=O)O. The first-order valence-corrected chi connectivity index (χ1v) is 6.85. The van der Waals surface area contributed by atoms with E-state index in [-0.39, 0.29) is 37.3 Å². The van der Waals surface area contributed by atoms with Crippen molar-refractivity contribution < 1.29 is 34.3 Å². The number of hydrogen-bond acceptors (Lipinski definition) is 6. The van der Waals surface area contributed by atoms with Crippen molar-refractivity contribution in [3.05, 3.63) is 0 Å². The topological polar surface area (TPSA) is 147 Å². The lowest BCUT2D eigenvalue weighted by molar-refractivity contribution is -0.140. The molecule has 1 fully saturated rings. The molecule has 0 aromatic carbocycles. The number of aliphatic carboxylic acids is 2. The maximum absolute atomic E-state index is 11.7. The Morgan fingerprint density at radius 1 is 1.24 bits per heavy atom. The van der Waals surface area contributed by atoms with Gasteiger partial charge in [0.2, 0.25) is 0 Å². The standard InChI is InChI=1S/C12H20BNO7/c14-10(12(18)19)4-2-8(15)5-7-1-3-9(6-11(16)17)21-13(7)20/h7,9-10,20H,1-6,14H2,(H,16,17)(H,18,19)/t7-,9+,10+/m1/s1. The van der Waals surface area contributed by atoms with Crippen molar-refractivity contribution >= 4 is 24.8 Å². The molecular formula is C12H20BNO7. The summed E-state index contributed by atoms with van der Waals surface area (Å²) in [6.45, 7) is 0. The summed E-state index contributed by atoms with van der Waals surface area (Å²) in [4.78, 5) is 32.8. The van der Waals surface area contributed by atoms with E-state index in [4.69, 9.17) is 20.6 Å². The van der Waals surface area contributed by atoms with Crippen LogP contribution in [0.4, 0.5) is 0 Å². The van der Waals surface area contributed by atoms with Crippen LogP contribution in [0.5, 0.6) is 0 Å². The van der Waals surface area contributed by atoms with Crippen molar-refractivity contribution in [1.29, 1.82) is 0 Å². The quantitative estimate of drug-likeness (QED) is 0.444. The Kier molecular flexibility index (Phi) is 6.80. The summed E-state index contributed by atoms with van der Waals surface area (Å²) < 4.78 is 5.18. The number of carbonyl (C=O) groups is 3. The Morgan fingerprint density at radius 2 is 1.90 bits per heavy atom. The predicted octanol–water partition coefficient (Wildman–Crippen LogP) is -0.358. The molecule has 0 bridgehead atoms. The smallest absolute Gasteiger partial charge is 0.458 e.